The van der Waals surface area contributed by atoms with Gasteiger partial charge in [-0.1, -0.05) is 12.2 Å². The number of carbonyl (C=O) groups excluding carboxylic acids is 1. The maximum absolute atomic E-state index is 11.1. The van der Waals surface area contributed by atoms with Crippen molar-refractivity contribution >= 4 is 5.97 Å². The van der Waals surface area contributed by atoms with Gasteiger partial charge in [0.25, 0.3) is 0 Å². The van der Waals surface area contributed by atoms with Crippen molar-refractivity contribution in [2.45, 2.75) is 38.7 Å². The molecule has 3 heteroatoms. The van der Waals surface area contributed by atoms with Crippen LogP contribution in [0.5, 0.6) is 0 Å². The Balaban J connectivity index is 1.86. The summed E-state index contributed by atoms with van der Waals surface area (Å²) >= 11 is 0. The molecule has 1 unspecified atom stereocenters. The van der Waals surface area contributed by atoms with Gasteiger partial charge in [-0.2, -0.15) is 0 Å². The zero-order valence-corrected chi connectivity index (χ0v) is 8.70. The number of unbranched alkanes of at least 4 members (excludes halogenated alkanes) is 2. The quantitative estimate of drug-likeness (QED) is 0.272. The number of allylic oxidation sites excluding steroid dienone is 2. The fourth-order valence-corrected chi connectivity index (χ4v) is 1.12. The van der Waals surface area contributed by atoms with Crippen molar-refractivity contribution in [3.63, 3.8) is 0 Å². The molecule has 1 aliphatic heterocycles. The summed E-state index contributed by atoms with van der Waals surface area (Å²) in [5.74, 6) is -0.0963. The number of carbonyl (C=O) groups is 1. The fraction of sp³-hybridized carbons (Fsp3) is 0.727. The van der Waals surface area contributed by atoms with Crippen LogP contribution in [0.15, 0.2) is 12.2 Å². The molecule has 1 saturated heterocycles. The van der Waals surface area contributed by atoms with E-state index in [0.717, 1.165) is 25.9 Å². The zero-order chi connectivity index (χ0) is 10.2. The highest BCUT2D eigenvalue weighted by Crippen LogP contribution is 2.09. The molecular formula is C11H18O3. The van der Waals surface area contributed by atoms with Gasteiger partial charge in [0, 0.05) is 6.42 Å². The van der Waals surface area contributed by atoms with Gasteiger partial charge in [0.15, 0.2) is 0 Å². The van der Waals surface area contributed by atoms with E-state index < -0.39 is 0 Å². The molecule has 1 heterocycles. The van der Waals surface area contributed by atoms with Crippen LogP contribution in [0.2, 0.25) is 0 Å². The lowest BCUT2D eigenvalue weighted by Gasteiger charge is -2.01. The minimum atomic E-state index is -0.0963. The second kappa shape index (κ2) is 6.60. The van der Waals surface area contributed by atoms with E-state index in [4.69, 9.17) is 9.47 Å². The van der Waals surface area contributed by atoms with Crippen LogP contribution in [-0.2, 0) is 14.3 Å². The molecule has 1 atom stereocenters. The fourth-order valence-electron chi connectivity index (χ4n) is 1.12. The smallest absolute Gasteiger partial charge is 0.305 e. The van der Waals surface area contributed by atoms with Crippen LogP contribution in [0, 0.1) is 0 Å². The van der Waals surface area contributed by atoms with Crippen LogP contribution in [0.1, 0.15) is 32.6 Å². The summed E-state index contributed by atoms with van der Waals surface area (Å²) < 4.78 is 9.92. The van der Waals surface area contributed by atoms with Crippen LogP contribution in [-0.4, -0.2) is 25.3 Å². The summed E-state index contributed by atoms with van der Waals surface area (Å²) in [6.07, 6.45) is 7.88. The second-order valence-electron chi connectivity index (χ2n) is 3.45. The third-order valence-corrected chi connectivity index (χ3v) is 2.07. The van der Waals surface area contributed by atoms with Crippen molar-refractivity contribution in [1.82, 2.24) is 0 Å². The Labute approximate surface area is 85.1 Å². The average molecular weight is 198 g/mol. The molecule has 0 N–H and O–H groups in total. The van der Waals surface area contributed by atoms with Crippen LogP contribution < -0.4 is 0 Å². The van der Waals surface area contributed by atoms with Crippen molar-refractivity contribution < 1.29 is 14.3 Å². The minimum absolute atomic E-state index is 0.0963. The minimum Gasteiger partial charge on any atom is -0.463 e. The van der Waals surface area contributed by atoms with E-state index in [1.54, 1.807) is 0 Å². The lowest BCUT2D eigenvalue weighted by Crippen LogP contribution is -2.09. The number of epoxide rings is 1. The molecule has 0 spiro atoms. The molecule has 0 saturated carbocycles. The number of hydrogen-bond donors (Lipinski definition) is 0. The van der Waals surface area contributed by atoms with Crippen LogP contribution >= 0.6 is 0 Å². The van der Waals surface area contributed by atoms with E-state index in [9.17, 15) is 4.79 Å². The molecule has 0 radical (unpaired) electrons. The first-order chi connectivity index (χ1) is 6.83. The van der Waals surface area contributed by atoms with Gasteiger partial charge in [0.05, 0.1) is 6.61 Å². The zero-order valence-electron chi connectivity index (χ0n) is 8.70. The molecule has 3 nitrogen and oxygen atoms in total. The lowest BCUT2D eigenvalue weighted by atomic mass is 10.2. The van der Waals surface area contributed by atoms with Gasteiger partial charge in [-0.05, 0) is 26.2 Å². The van der Waals surface area contributed by atoms with Crippen molar-refractivity contribution in [3.8, 4) is 0 Å². The Bertz CT molecular complexity index is 195. The molecule has 0 aromatic rings. The van der Waals surface area contributed by atoms with Gasteiger partial charge >= 0.3 is 5.97 Å². The summed E-state index contributed by atoms with van der Waals surface area (Å²) in [6.45, 7) is 3.19. The molecule has 80 valence electrons. The highest BCUT2D eigenvalue weighted by atomic mass is 16.6. The van der Waals surface area contributed by atoms with E-state index in [1.165, 1.54) is 0 Å². The number of esters is 1. The molecule has 0 amide bonds. The molecule has 0 aromatic heterocycles. The molecule has 0 bridgehead atoms. The maximum atomic E-state index is 11.1. The standard InChI is InChI=1S/C11H18O3/c1-2-3-4-5-6-7-11(12)14-9-10-8-13-10/h2-3,10H,4-9H2,1H3/b3-2+. The summed E-state index contributed by atoms with van der Waals surface area (Å²) in [4.78, 5) is 11.1. The van der Waals surface area contributed by atoms with Crippen LogP contribution in [0.25, 0.3) is 0 Å². The summed E-state index contributed by atoms with van der Waals surface area (Å²) in [5.41, 5.74) is 0. The Kier molecular flexibility index (Phi) is 5.30. The first-order valence-corrected chi connectivity index (χ1v) is 5.21. The molecule has 1 fully saturated rings. The van der Waals surface area contributed by atoms with E-state index in [0.29, 0.717) is 13.0 Å². The molecule has 1 aliphatic rings. The first kappa shape index (κ1) is 11.2. The summed E-state index contributed by atoms with van der Waals surface area (Å²) in [7, 11) is 0. The molecule has 0 aliphatic carbocycles. The summed E-state index contributed by atoms with van der Waals surface area (Å²) in [5, 5.41) is 0. The molecule has 0 aromatic carbocycles. The Morgan fingerprint density at radius 2 is 2.36 bits per heavy atom. The van der Waals surface area contributed by atoms with Crippen LogP contribution in [0.4, 0.5) is 0 Å². The van der Waals surface area contributed by atoms with Crippen molar-refractivity contribution in [2.24, 2.45) is 0 Å². The third kappa shape index (κ3) is 5.75. The van der Waals surface area contributed by atoms with Gasteiger partial charge in [0.1, 0.15) is 12.7 Å². The summed E-state index contributed by atoms with van der Waals surface area (Å²) in [6, 6.07) is 0. The first-order valence-electron chi connectivity index (χ1n) is 5.21. The van der Waals surface area contributed by atoms with Gasteiger partial charge in [-0.15, -0.1) is 0 Å². The second-order valence-corrected chi connectivity index (χ2v) is 3.45. The van der Waals surface area contributed by atoms with Crippen molar-refractivity contribution in [2.75, 3.05) is 13.2 Å². The van der Waals surface area contributed by atoms with Crippen LogP contribution in [0.3, 0.4) is 0 Å². The van der Waals surface area contributed by atoms with Gasteiger partial charge in [-0.25, -0.2) is 0 Å². The van der Waals surface area contributed by atoms with E-state index >= 15 is 0 Å². The Hall–Kier alpha value is -0.830. The number of hydrogen-bond acceptors (Lipinski definition) is 3. The SMILES string of the molecule is C/C=C/CCCCC(=O)OCC1CO1. The number of rotatable bonds is 7. The third-order valence-electron chi connectivity index (χ3n) is 2.07. The van der Waals surface area contributed by atoms with E-state index in [1.807, 2.05) is 13.0 Å². The maximum Gasteiger partial charge on any atom is 0.305 e. The number of ether oxygens (including phenoxy) is 2. The van der Waals surface area contributed by atoms with Gasteiger partial charge in [0.2, 0.25) is 0 Å². The normalized spacial score (nSPS) is 19.9. The lowest BCUT2D eigenvalue weighted by molar-refractivity contribution is -0.144. The van der Waals surface area contributed by atoms with Crippen molar-refractivity contribution in [3.05, 3.63) is 12.2 Å². The predicted molar refractivity (Wildman–Crippen MR) is 54.0 cm³/mol. The Morgan fingerprint density at radius 3 is 3.00 bits per heavy atom. The van der Waals surface area contributed by atoms with E-state index in [2.05, 4.69) is 6.08 Å². The predicted octanol–water partition coefficient (Wildman–Crippen LogP) is 2.06. The Morgan fingerprint density at radius 1 is 1.57 bits per heavy atom. The highest BCUT2D eigenvalue weighted by Gasteiger charge is 2.23. The molecule has 1 rings (SSSR count). The van der Waals surface area contributed by atoms with E-state index in [-0.39, 0.29) is 12.1 Å². The van der Waals surface area contributed by atoms with Gasteiger partial charge in [-0.3, -0.25) is 4.79 Å². The molecular weight excluding hydrogens is 180 g/mol. The van der Waals surface area contributed by atoms with Gasteiger partial charge < -0.3 is 9.47 Å². The highest BCUT2D eigenvalue weighted by molar-refractivity contribution is 5.69. The monoisotopic (exact) mass is 198 g/mol. The largest absolute Gasteiger partial charge is 0.463 e. The topological polar surface area (TPSA) is 38.8 Å². The molecule has 14 heavy (non-hydrogen) atoms. The average Bonchev–Trinajstić information content (AvgIpc) is 2.98. The van der Waals surface area contributed by atoms with Crippen molar-refractivity contribution in [1.29, 1.82) is 0 Å².